The molecule has 0 radical (unpaired) electrons. The van der Waals surface area contributed by atoms with Crippen molar-refractivity contribution in [1.82, 2.24) is 5.43 Å². The number of nitrogens with zero attached hydrogens (tertiary/aromatic N) is 2. The van der Waals surface area contributed by atoms with Crippen molar-refractivity contribution in [2.45, 2.75) is 6.61 Å². The Morgan fingerprint density at radius 2 is 1.72 bits per heavy atom. The van der Waals surface area contributed by atoms with Gasteiger partial charge in [-0.05, 0) is 78.0 Å². The first-order valence-corrected chi connectivity index (χ1v) is 12.2. The number of nitro benzene ring substituents is 1. The molecule has 0 spiro atoms. The summed E-state index contributed by atoms with van der Waals surface area (Å²) < 4.78 is 12.5. The van der Waals surface area contributed by atoms with Gasteiger partial charge in [0.25, 0.3) is 11.6 Å². The van der Waals surface area contributed by atoms with Crippen molar-refractivity contribution in [2.24, 2.45) is 5.10 Å². The lowest BCUT2D eigenvalue weighted by molar-refractivity contribution is -0.384. The minimum atomic E-state index is -0.446. The number of nitro groups is 1. The van der Waals surface area contributed by atoms with Crippen LogP contribution in [0.3, 0.4) is 0 Å². The van der Waals surface area contributed by atoms with Crippen molar-refractivity contribution in [1.29, 1.82) is 0 Å². The van der Waals surface area contributed by atoms with Crippen molar-refractivity contribution in [3.63, 3.8) is 0 Å². The van der Waals surface area contributed by atoms with Crippen molar-refractivity contribution in [2.75, 3.05) is 7.11 Å². The van der Waals surface area contributed by atoms with Crippen LogP contribution in [0.2, 0.25) is 0 Å². The van der Waals surface area contributed by atoms with Crippen LogP contribution in [0.4, 0.5) is 5.69 Å². The third kappa shape index (κ3) is 5.89. The predicted octanol–water partition coefficient (Wildman–Crippen LogP) is 6.62. The quantitative estimate of drug-likeness (QED) is 0.137. The number of nitrogens with one attached hydrogen (secondary N) is 1. The molecule has 0 saturated heterocycles. The number of hydrogen-bond acceptors (Lipinski definition) is 6. The van der Waals surface area contributed by atoms with E-state index in [4.69, 9.17) is 9.47 Å². The molecule has 0 heterocycles. The lowest BCUT2D eigenvalue weighted by Crippen LogP contribution is -2.18. The highest BCUT2D eigenvalue weighted by Crippen LogP contribution is 2.35. The lowest BCUT2D eigenvalue weighted by Gasteiger charge is -2.11. The molecular weight excluding hydrogens is 594 g/mol. The van der Waals surface area contributed by atoms with Gasteiger partial charge in [0.05, 0.1) is 32.8 Å². The Morgan fingerprint density at radius 1 is 1.03 bits per heavy atom. The second-order valence-corrected chi connectivity index (χ2v) is 9.34. The van der Waals surface area contributed by atoms with E-state index in [2.05, 4.69) is 42.4 Å². The molecule has 0 saturated carbocycles. The summed E-state index contributed by atoms with van der Waals surface area (Å²) in [7, 11) is 1.52. The van der Waals surface area contributed by atoms with Gasteiger partial charge in [0.15, 0.2) is 0 Å². The number of carbonyl (C=O) groups excluding carboxylic acids is 1. The molecule has 4 rings (SSSR count). The fourth-order valence-corrected chi connectivity index (χ4v) is 4.95. The molecule has 36 heavy (non-hydrogen) atoms. The summed E-state index contributed by atoms with van der Waals surface area (Å²) in [4.78, 5) is 23.3. The fraction of sp³-hybridized carbons (Fsp3) is 0.0769. The first-order chi connectivity index (χ1) is 17.4. The molecule has 182 valence electrons. The van der Waals surface area contributed by atoms with E-state index in [1.165, 1.54) is 25.5 Å². The third-order valence-corrected chi connectivity index (χ3v) is 6.40. The number of non-ortho nitro benzene ring substituents is 1. The number of halogens is 2. The van der Waals surface area contributed by atoms with Gasteiger partial charge in [0, 0.05) is 12.1 Å². The Morgan fingerprint density at radius 3 is 2.39 bits per heavy atom. The Balaban J connectivity index is 1.45. The number of rotatable bonds is 8. The van der Waals surface area contributed by atoms with E-state index in [1.807, 2.05) is 30.3 Å². The summed E-state index contributed by atoms with van der Waals surface area (Å²) in [6.45, 7) is 0.149. The number of hydrogen-bond donors (Lipinski definition) is 1. The van der Waals surface area contributed by atoms with Gasteiger partial charge < -0.3 is 9.47 Å². The van der Waals surface area contributed by atoms with Crippen LogP contribution in [0, 0.1) is 10.1 Å². The van der Waals surface area contributed by atoms with Gasteiger partial charge in [-0.25, -0.2) is 5.43 Å². The molecule has 1 amide bonds. The first kappa shape index (κ1) is 25.3. The minimum absolute atomic E-state index is 0.00384. The first-order valence-electron chi connectivity index (χ1n) is 10.6. The maximum atomic E-state index is 12.7. The molecule has 0 unspecified atom stereocenters. The number of methoxy groups -OCH3 is 1. The summed E-state index contributed by atoms with van der Waals surface area (Å²) in [5.41, 5.74) is 4.28. The Labute approximate surface area is 223 Å². The van der Waals surface area contributed by atoms with Crippen molar-refractivity contribution in [3.05, 3.63) is 109 Å². The highest BCUT2D eigenvalue weighted by Gasteiger charge is 2.14. The van der Waals surface area contributed by atoms with Crippen LogP contribution in [-0.4, -0.2) is 24.2 Å². The molecular formula is C26H19Br2N3O5. The molecule has 0 aliphatic carbocycles. The van der Waals surface area contributed by atoms with E-state index in [-0.39, 0.29) is 12.3 Å². The normalized spacial score (nSPS) is 11.0. The van der Waals surface area contributed by atoms with Crippen molar-refractivity contribution in [3.8, 4) is 11.5 Å². The molecule has 0 atom stereocenters. The molecule has 0 aliphatic rings. The van der Waals surface area contributed by atoms with Crippen molar-refractivity contribution >= 4 is 60.4 Å². The maximum Gasteiger partial charge on any atom is 0.275 e. The number of fused-ring (bicyclic) bond motifs is 1. The van der Waals surface area contributed by atoms with Gasteiger partial charge >= 0.3 is 0 Å². The van der Waals surface area contributed by atoms with Gasteiger partial charge in [-0.1, -0.05) is 36.4 Å². The lowest BCUT2D eigenvalue weighted by atomic mass is 10.1. The van der Waals surface area contributed by atoms with E-state index in [1.54, 1.807) is 30.3 Å². The Hall–Kier alpha value is -3.76. The molecule has 0 fully saturated rings. The van der Waals surface area contributed by atoms with Crippen LogP contribution in [0.5, 0.6) is 11.5 Å². The summed E-state index contributed by atoms with van der Waals surface area (Å²) in [6, 6.07) is 21.1. The monoisotopic (exact) mass is 611 g/mol. The van der Waals surface area contributed by atoms with Gasteiger partial charge in [-0.3, -0.25) is 14.9 Å². The number of amides is 1. The topological polar surface area (TPSA) is 103 Å². The molecule has 0 aromatic heterocycles. The summed E-state index contributed by atoms with van der Waals surface area (Å²) in [6.07, 6.45) is 1.51. The highest BCUT2D eigenvalue weighted by atomic mass is 79.9. The van der Waals surface area contributed by atoms with Gasteiger partial charge in [-0.2, -0.15) is 5.10 Å². The molecule has 4 aromatic carbocycles. The minimum Gasteiger partial charge on any atom is -0.496 e. The summed E-state index contributed by atoms with van der Waals surface area (Å²) in [5, 5.41) is 16.9. The molecule has 10 heteroatoms. The molecule has 4 aromatic rings. The molecule has 0 bridgehead atoms. The van der Waals surface area contributed by atoms with Gasteiger partial charge in [-0.15, -0.1) is 0 Å². The average molecular weight is 613 g/mol. The third-order valence-electron chi connectivity index (χ3n) is 5.22. The second kappa shape index (κ2) is 11.3. The van der Waals surface area contributed by atoms with Crippen LogP contribution in [0.15, 0.2) is 86.8 Å². The molecule has 1 N–H and O–H groups in total. The van der Waals surface area contributed by atoms with E-state index in [0.717, 1.165) is 10.8 Å². The van der Waals surface area contributed by atoms with Crippen LogP contribution in [0.25, 0.3) is 10.8 Å². The van der Waals surface area contributed by atoms with Gasteiger partial charge in [0.1, 0.15) is 18.1 Å². The van der Waals surface area contributed by atoms with E-state index >= 15 is 0 Å². The summed E-state index contributed by atoms with van der Waals surface area (Å²) >= 11 is 6.96. The zero-order valence-electron chi connectivity index (χ0n) is 18.9. The number of carbonyl (C=O) groups is 1. The zero-order chi connectivity index (χ0) is 25.7. The van der Waals surface area contributed by atoms with E-state index in [0.29, 0.717) is 37.1 Å². The molecule has 0 aliphatic heterocycles. The SMILES string of the molecule is COc1cc2ccccc2cc1C(=O)N/N=C\c1cc(Br)c(OCc2cccc([N+](=O)[O-])c2)c(Br)c1. The second-order valence-electron chi connectivity index (χ2n) is 7.63. The van der Waals surface area contributed by atoms with E-state index in [9.17, 15) is 14.9 Å². The number of hydrazone groups is 1. The smallest absolute Gasteiger partial charge is 0.275 e. The van der Waals surface area contributed by atoms with Crippen molar-refractivity contribution < 1.29 is 19.2 Å². The number of benzene rings is 4. The van der Waals surface area contributed by atoms with Crippen LogP contribution < -0.4 is 14.9 Å². The van der Waals surface area contributed by atoms with Crippen LogP contribution >= 0.6 is 31.9 Å². The molecule has 8 nitrogen and oxygen atoms in total. The zero-order valence-corrected chi connectivity index (χ0v) is 22.1. The Kier molecular flexibility index (Phi) is 7.97. The van der Waals surface area contributed by atoms with Gasteiger partial charge in [0.2, 0.25) is 0 Å². The fourth-order valence-electron chi connectivity index (χ4n) is 3.50. The standard InChI is InChI=1S/C26H19Br2N3O5/c1-35-24-13-19-7-3-2-6-18(19)12-21(24)26(32)30-29-14-17-10-22(27)25(23(28)11-17)36-15-16-5-4-8-20(9-16)31(33)34/h2-14H,15H2,1H3,(H,30,32)/b29-14-. The maximum absolute atomic E-state index is 12.7. The van der Waals surface area contributed by atoms with Crippen LogP contribution in [0.1, 0.15) is 21.5 Å². The Bertz CT molecular complexity index is 1470. The predicted molar refractivity (Wildman–Crippen MR) is 145 cm³/mol. The average Bonchev–Trinajstić information content (AvgIpc) is 2.87. The van der Waals surface area contributed by atoms with E-state index < -0.39 is 10.8 Å². The van der Waals surface area contributed by atoms with Crippen LogP contribution in [-0.2, 0) is 6.61 Å². The number of ether oxygens (including phenoxy) is 2. The largest absolute Gasteiger partial charge is 0.496 e. The summed E-state index contributed by atoms with van der Waals surface area (Å²) in [5.74, 6) is 0.588. The highest BCUT2D eigenvalue weighted by molar-refractivity contribution is 9.11.